The summed E-state index contributed by atoms with van der Waals surface area (Å²) in [4.78, 5) is 51.4. The minimum atomic E-state index is -0.763. The molecule has 1 aliphatic rings. The molecule has 1 aromatic carbocycles. The van der Waals surface area contributed by atoms with Crippen molar-refractivity contribution in [3.05, 3.63) is 83.3 Å². The number of aryl methyl sites for hydroxylation is 2. The van der Waals surface area contributed by atoms with Gasteiger partial charge in [0.05, 0.1) is 12.6 Å². The molecular formula is C31H38N8O3. The van der Waals surface area contributed by atoms with Crippen LogP contribution in [0.2, 0.25) is 0 Å². The predicted molar refractivity (Wildman–Crippen MR) is 158 cm³/mol. The van der Waals surface area contributed by atoms with E-state index >= 15 is 0 Å². The zero-order valence-electron chi connectivity index (χ0n) is 24.6. The van der Waals surface area contributed by atoms with Gasteiger partial charge in [-0.15, -0.1) is 0 Å². The number of fused-ring (bicyclic) bond motifs is 2. The third kappa shape index (κ3) is 6.67. The molecule has 4 aromatic rings. The lowest BCUT2D eigenvalue weighted by molar-refractivity contribution is -0.129. The van der Waals surface area contributed by atoms with Crippen molar-refractivity contribution in [2.24, 2.45) is 5.92 Å². The molecule has 220 valence electrons. The fraction of sp³-hybridized carbons (Fsp3) is 0.419. The molecule has 3 aromatic heterocycles. The summed E-state index contributed by atoms with van der Waals surface area (Å²) in [5.41, 5.74) is 3.05. The highest BCUT2D eigenvalue weighted by Gasteiger charge is 2.30. The molecule has 0 aliphatic carbocycles. The van der Waals surface area contributed by atoms with Gasteiger partial charge >= 0.3 is 0 Å². The summed E-state index contributed by atoms with van der Waals surface area (Å²) in [5, 5.41) is 10.7. The standard InChI is InChI=1S/C31H38N8O3/c1-20(2)28-29-32-22(4)36-39(29)16-15-37(31(42)25-19-38-14-12-21(3)17-26(38)33-25)13-8-11-27(40)34-24(30(41)35-28)18-23-9-6-5-7-10-23/h5-7,9-10,12,14,17,19-20,24,28H,8,11,13,15-16,18H2,1-4H3,(H,34,40)(H,35,41)/t24-,28+/m0/s1. The zero-order chi connectivity index (χ0) is 29.8. The van der Waals surface area contributed by atoms with Gasteiger partial charge in [-0.1, -0.05) is 44.2 Å². The Hall–Kier alpha value is -4.54. The van der Waals surface area contributed by atoms with Gasteiger partial charge in [0.25, 0.3) is 5.91 Å². The van der Waals surface area contributed by atoms with Crippen LogP contribution in [0.1, 0.15) is 66.0 Å². The van der Waals surface area contributed by atoms with E-state index in [-0.39, 0.29) is 30.1 Å². The van der Waals surface area contributed by atoms with E-state index in [0.717, 1.165) is 11.1 Å². The maximum atomic E-state index is 13.7. The Bertz CT molecular complexity index is 1580. The van der Waals surface area contributed by atoms with E-state index in [4.69, 9.17) is 0 Å². The van der Waals surface area contributed by atoms with Crippen molar-refractivity contribution in [2.75, 3.05) is 13.1 Å². The third-order valence-electron chi connectivity index (χ3n) is 7.52. The molecule has 0 unspecified atom stereocenters. The van der Waals surface area contributed by atoms with Crippen LogP contribution in [0, 0.1) is 19.8 Å². The minimum absolute atomic E-state index is 0.00329. The quantitative estimate of drug-likeness (QED) is 0.389. The predicted octanol–water partition coefficient (Wildman–Crippen LogP) is 3.02. The first-order valence-electron chi connectivity index (χ1n) is 14.5. The van der Waals surface area contributed by atoms with Crippen LogP contribution in [0.25, 0.3) is 5.65 Å². The molecule has 11 nitrogen and oxygen atoms in total. The Morgan fingerprint density at radius 3 is 2.57 bits per heavy atom. The van der Waals surface area contributed by atoms with Crippen LogP contribution in [0.5, 0.6) is 0 Å². The van der Waals surface area contributed by atoms with Crippen molar-refractivity contribution < 1.29 is 14.4 Å². The number of nitrogens with one attached hydrogen (secondary N) is 2. The number of nitrogens with zero attached hydrogens (tertiary/aromatic N) is 6. The molecule has 0 spiro atoms. The Balaban J connectivity index is 1.45. The molecule has 3 amide bonds. The monoisotopic (exact) mass is 570 g/mol. The number of hydrogen-bond acceptors (Lipinski definition) is 6. The topological polar surface area (TPSA) is 127 Å². The lowest BCUT2D eigenvalue weighted by Gasteiger charge is -2.27. The van der Waals surface area contributed by atoms with E-state index in [9.17, 15) is 14.4 Å². The summed E-state index contributed by atoms with van der Waals surface area (Å²) < 4.78 is 3.61. The fourth-order valence-corrected chi connectivity index (χ4v) is 5.28. The van der Waals surface area contributed by atoms with E-state index in [0.29, 0.717) is 55.5 Å². The number of pyridine rings is 1. The molecule has 0 saturated carbocycles. The first kappa shape index (κ1) is 29.0. The summed E-state index contributed by atoms with van der Waals surface area (Å²) in [6, 6.07) is 12.3. The molecule has 4 heterocycles. The van der Waals surface area contributed by atoms with Gasteiger partial charge in [0.2, 0.25) is 11.8 Å². The van der Waals surface area contributed by atoms with Gasteiger partial charge < -0.3 is 19.9 Å². The van der Waals surface area contributed by atoms with E-state index < -0.39 is 12.1 Å². The zero-order valence-corrected chi connectivity index (χ0v) is 24.6. The second-order valence-corrected chi connectivity index (χ2v) is 11.3. The van der Waals surface area contributed by atoms with Crippen molar-refractivity contribution in [3.8, 4) is 0 Å². The van der Waals surface area contributed by atoms with E-state index in [2.05, 4.69) is 25.7 Å². The third-order valence-corrected chi connectivity index (χ3v) is 7.52. The van der Waals surface area contributed by atoms with Gasteiger partial charge in [0, 0.05) is 38.3 Å². The first-order valence-corrected chi connectivity index (χ1v) is 14.5. The number of amides is 3. The molecule has 2 N–H and O–H groups in total. The molecule has 1 aliphatic heterocycles. The van der Waals surface area contributed by atoms with Crippen LogP contribution < -0.4 is 10.6 Å². The van der Waals surface area contributed by atoms with Crippen LogP contribution in [0.4, 0.5) is 0 Å². The summed E-state index contributed by atoms with van der Waals surface area (Å²) in [6.07, 6.45) is 4.58. The summed E-state index contributed by atoms with van der Waals surface area (Å²) in [6.45, 7) is 8.89. The Labute approximate surface area is 245 Å². The highest BCUT2D eigenvalue weighted by molar-refractivity contribution is 5.93. The highest BCUT2D eigenvalue weighted by Crippen LogP contribution is 2.22. The van der Waals surface area contributed by atoms with Crippen molar-refractivity contribution in [2.45, 2.75) is 65.6 Å². The van der Waals surface area contributed by atoms with Crippen LogP contribution in [-0.2, 0) is 22.6 Å². The number of carbonyl (C=O) groups excluding carboxylic acids is 3. The smallest absolute Gasteiger partial charge is 0.274 e. The average molecular weight is 571 g/mol. The van der Waals surface area contributed by atoms with Crippen molar-refractivity contribution in [1.29, 1.82) is 0 Å². The molecule has 0 saturated heterocycles. The summed E-state index contributed by atoms with van der Waals surface area (Å²) >= 11 is 0. The Morgan fingerprint density at radius 1 is 1.02 bits per heavy atom. The van der Waals surface area contributed by atoms with E-state index in [1.807, 2.05) is 80.8 Å². The van der Waals surface area contributed by atoms with Crippen molar-refractivity contribution >= 4 is 23.4 Å². The number of aromatic nitrogens is 5. The maximum absolute atomic E-state index is 13.7. The molecule has 0 bridgehead atoms. The summed E-state index contributed by atoms with van der Waals surface area (Å²) in [5.74, 6) is 0.479. The Kier molecular flexibility index (Phi) is 8.65. The number of hydrogen-bond donors (Lipinski definition) is 2. The van der Waals surface area contributed by atoms with Gasteiger partial charge in [0.1, 0.15) is 29.0 Å². The minimum Gasteiger partial charge on any atom is -0.344 e. The lowest BCUT2D eigenvalue weighted by Crippen LogP contribution is -2.50. The SMILES string of the molecule is Cc1ccn2cc(C(=O)N3CCCC(=O)N[C@@H](Cc4ccccc4)C(=O)N[C@H](C(C)C)c4nc(C)nn4CC3)nc2c1. The second kappa shape index (κ2) is 12.5. The number of carbonyl (C=O) groups is 3. The number of rotatable bonds is 4. The molecule has 0 radical (unpaired) electrons. The fourth-order valence-electron chi connectivity index (χ4n) is 5.28. The normalized spacial score (nSPS) is 18.8. The van der Waals surface area contributed by atoms with Crippen molar-refractivity contribution in [3.63, 3.8) is 0 Å². The van der Waals surface area contributed by atoms with E-state index in [1.165, 1.54) is 0 Å². The molecular weight excluding hydrogens is 532 g/mol. The Morgan fingerprint density at radius 2 is 1.81 bits per heavy atom. The van der Waals surface area contributed by atoms with E-state index in [1.54, 1.807) is 15.8 Å². The largest absolute Gasteiger partial charge is 0.344 e. The van der Waals surface area contributed by atoms with Crippen LogP contribution in [-0.4, -0.2) is 65.9 Å². The molecule has 5 rings (SSSR count). The molecule has 11 heteroatoms. The molecule has 2 atom stereocenters. The lowest BCUT2D eigenvalue weighted by atomic mass is 10.0. The van der Waals surface area contributed by atoms with Gasteiger partial charge in [-0.25, -0.2) is 14.6 Å². The molecule has 42 heavy (non-hydrogen) atoms. The summed E-state index contributed by atoms with van der Waals surface area (Å²) in [7, 11) is 0. The van der Waals surface area contributed by atoms with Gasteiger partial charge in [-0.2, -0.15) is 5.10 Å². The van der Waals surface area contributed by atoms with Gasteiger partial charge in [-0.05, 0) is 49.4 Å². The van der Waals surface area contributed by atoms with Crippen LogP contribution in [0.3, 0.4) is 0 Å². The van der Waals surface area contributed by atoms with Gasteiger partial charge in [0.15, 0.2) is 0 Å². The van der Waals surface area contributed by atoms with Crippen LogP contribution >= 0.6 is 0 Å². The maximum Gasteiger partial charge on any atom is 0.274 e. The number of benzene rings is 1. The van der Waals surface area contributed by atoms with Crippen LogP contribution in [0.15, 0.2) is 54.9 Å². The first-order chi connectivity index (χ1) is 20.2. The average Bonchev–Trinajstić information content (AvgIpc) is 3.55. The van der Waals surface area contributed by atoms with Crippen molar-refractivity contribution in [1.82, 2.24) is 39.7 Å². The van der Waals surface area contributed by atoms with Gasteiger partial charge in [-0.3, -0.25) is 14.4 Å². The molecule has 0 fully saturated rings. The number of imidazole rings is 1. The highest BCUT2D eigenvalue weighted by atomic mass is 16.2. The second-order valence-electron chi connectivity index (χ2n) is 11.3.